The predicted octanol–water partition coefficient (Wildman–Crippen LogP) is 2.85. The fourth-order valence-electron chi connectivity index (χ4n) is 3.34. The molecule has 3 aromatic rings. The van der Waals surface area contributed by atoms with Crippen LogP contribution in [-0.4, -0.2) is 29.2 Å². The van der Waals surface area contributed by atoms with Gasteiger partial charge in [0.1, 0.15) is 12.5 Å². The van der Waals surface area contributed by atoms with Crippen LogP contribution in [0, 0.1) is 6.92 Å². The number of pyridine rings is 1. The molecule has 2 heterocycles. The normalized spacial score (nSPS) is 22.0. The standard InChI is InChI=1S/C21H21N5/c1-14-6-2-4-8-16(14)17-10-15-7-3-5-9-18(15)26-19(17)11-21(23)12-24-13-25-20(21)22/h2-10,12-13,20H,11,22-23H2,1H3. The molecule has 0 saturated heterocycles. The number of aliphatic imine (C=N–C) groups is 2. The lowest BCUT2D eigenvalue weighted by Gasteiger charge is -2.31. The molecule has 0 radical (unpaired) electrons. The maximum Gasteiger partial charge on any atom is 0.122 e. The Morgan fingerprint density at radius 2 is 1.81 bits per heavy atom. The van der Waals surface area contributed by atoms with Gasteiger partial charge in [0.2, 0.25) is 0 Å². The molecular formula is C21H21N5. The molecule has 4 N–H and O–H groups in total. The van der Waals surface area contributed by atoms with Crippen molar-refractivity contribution in [3.05, 3.63) is 65.9 Å². The van der Waals surface area contributed by atoms with Gasteiger partial charge in [-0.05, 0) is 30.2 Å². The second-order valence-corrected chi connectivity index (χ2v) is 6.77. The summed E-state index contributed by atoms with van der Waals surface area (Å²) in [6, 6.07) is 18.6. The van der Waals surface area contributed by atoms with Crippen molar-refractivity contribution < 1.29 is 0 Å². The lowest BCUT2D eigenvalue weighted by atomic mass is 9.87. The topological polar surface area (TPSA) is 89.6 Å². The number of hydrogen-bond acceptors (Lipinski definition) is 5. The van der Waals surface area contributed by atoms with Gasteiger partial charge in [0.15, 0.2) is 0 Å². The molecule has 1 aliphatic rings. The number of nitrogens with zero attached hydrogens (tertiary/aromatic N) is 3. The molecule has 0 amide bonds. The fourth-order valence-corrected chi connectivity index (χ4v) is 3.34. The average Bonchev–Trinajstić information content (AvgIpc) is 2.64. The van der Waals surface area contributed by atoms with Crippen LogP contribution in [0.2, 0.25) is 0 Å². The van der Waals surface area contributed by atoms with E-state index in [0.717, 1.165) is 27.7 Å². The summed E-state index contributed by atoms with van der Waals surface area (Å²) in [6.45, 7) is 2.10. The molecule has 4 rings (SSSR count). The Bertz CT molecular complexity index is 1020. The molecule has 130 valence electrons. The van der Waals surface area contributed by atoms with E-state index in [0.29, 0.717) is 6.42 Å². The zero-order valence-corrected chi connectivity index (χ0v) is 14.6. The van der Waals surface area contributed by atoms with Gasteiger partial charge in [-0.15, -0.1) is 0 Å². The molecule has 0 saturated carbocycles. The second-order valence-electron chi connectivity index (χ2n) is 6.77. The Balaban J connectivity index is 1.90. The quantitative estimate of drug-likeness (QED) is 0.766. The van der Waals surface area contributed by atoms with Gasteiger partial charge in [0, 0.05) is 23.6 Å². The van der Waals surface area contributed by atoms with Gasteiger partial charge < -0.3 is 11.5 Å². The highest BCUT2D eigenvalue weighted by atomic mass is 15.1. The summed E-state index contributed by atoms with van der Waals surface area (Å²) in [6.07, 6.45) is 3.05. The maximum atomic E-state index is 6.54. The van der Waals surface area contributed by atoms with E-state index < -0.39 is 11.7 Å². The minimum Gasteiger partial charge on any atom is -0.317 e. The van der Waals surface area contributed by atoms with Gasteiger partial charge in [-0.3, -0.25) is 9.98 Å². The van der Waals surface area contributed by atoms with E-state index in [1.807, 2.05) is 30.3 Å². The van der Waals surface area contributed by atoms with Crippen molar-refractivity contribution >= 4 is 23.5 Å². The van der Waals surface area contributed by atoms with Crippen LogP contribution in [0.15, 0.2) is 64.6 Å². The summed E-state index contributed by atoms with van der Waals surface area (Å²) in [5, 5.41) is 1.10. The van der Waals surface area contributed by atoms with Gasteiger partial charge in [0.25, 0.3) is 0 Å². The first-order chi connectivity index (χ1) is 12.6. The van der Waals surface area contributed by atoms with Crippen molar-refractivity contribution in [3.63, 3.8) is 0 Å². The Morgan fingerprint density at radius 1 is 1.04 bits per heavy atom. The van der Waals surface area contributed by atoms with E-state index in [9.17, 15) is 0 Å². The smallest absolute Gasteiger partial charge is 0.122 e. The Kier molecular flexibility index (Phi) is 4.11. The molecule has 26 heavy (non-hydrogen) atoms. The van der Waals surface area contributed by atoms with Gasteiger partial charge in [0.05, 0.1) is 16.7 Å². The molecule has 0 aliphatic carbocycles. The molecule has 2 unspecified atom stereocenters. The highest BCUT2D eigenvalue weighted by molar-refractivity contribution is 5.87. The molecule has 2 atom stereocenters. The second kappa shape index (κ2) is 6.44. The minimum atomic E-state index is -0.859. The lowest BCUT2D eigenvalue weighted by Crippen LogP contribution is -2.58. The van der Waals surface area contributed by atoms with Crippen LogP contribution in [0.1, 0.15) is 11.3 Å². The summed E-state index contributed by atoms with van der Waals surface area (Å²) < 4.78 is 0. The molecule has 0 fully saturated rings. The van der Waals surface area contributed by atoms with Crippen molar-refractivity contribution in [3.8, 4) is 11.1 Å². The highest BCUT2D eigenvalue weighted by Crippen LogP contribution is 2.31. The van der Waals surface area contributed by atoms with Crippen molar-refractivity contribution in [1.29, 1.82) is 0 Å². The number of fused-ring (bicyclic) bond motifs is 1. The third-order valence-corrected chi connectivity index (χ3v) is 4.87. The van der Waals surface area contributed by atoms with E-state index in [1.165, 1.54) is 11.9 Å². The molecule has 5 heteroatoms. The summed E-state index contributed by atoms with van der Waals surface area (Å²) in [7, 11) is 0. The monoisotopic (exact) mass is 343 g/mol. The number of aromatic nitrogens is 1. The van der Waals surface area contributed by atoms with Gasteiger partial charge >= 0.3 is 0 Å². The molecule has 0 bridgehead atoms. The zero-order valence-electron chi connectivity index (χ0n) is 14.6. The number of para-hydroxylation sites is 1. The molecule has 1 aromatic heterocycles. The number of aryl methyl sites for hydroxylation is 1. The van der Waals surface area contributed by atoms with Crippen LogP contribution in [-0.2, 0) is 6.42 Å². The SMILES string of the molecule is Cc1ccccc1-c1cc2ccccc2nc1CC1(N)C=NC=NC1N. The van der Waals surface area contributed by atoms with Crippen LogP contribution in [0.5, 0.6) is 0 Å². The third kappa shape index (κ3) is 2.92. The molecule has 0 spiro atoms. The number of nitrogens with two attached hydrogens (primary N) is 2. The first-order valence-electron chi connectivity index (χ1n) is 8.62. The van der Waals surface area contributed by atoms with Crippen molar-refractivity contribution in [2.45, 2.75) is 25.0 Å². The Hall–Kier alpha value is -2.89. The predicted molar refractivity (Wildman–Crippen MR) is 107 cm³/mol. The largest absolute Gasteiger partial charge is 0.317 e. The molecular weight excluding hydrogens is 322 g/mol. The van der Waals surface area contributed by atoms with Gasteiger partial charge in [-0.25, -0.2) is 4.99 Å². The van der Waals surface area contributed by atoms with E-state index >= 15 is 0 Å². The highest BCUT2D eigenvalue weighted by Gasteiger charge is 2.34. The first kappa shape index (κ1) is 16.6. The van der Waals surface area contributed by atoms with Crippen LogP contribution >= 0.6 is 0 Å². The van der Waals surface area contributed by atoms with E-state index in [2.05, 4.69) is 41.2 Å². The van der Waals surface area contributed by atoms with E-state index in [4.69, 9.17) is 16.5 Å². The first-order valence-corrected chi connectivity index (χ1v) is 8.62. The number of rotatable bonds is 3. The molecule has 1 aliphatic heterocycles. The zero-order chi connectivity index (χ0) is 18.1. The van der Waals surface area contributed by atoms with Crippen LogP contribution in [0.3, 0.4) is 0 Å². The summed E-state index contributed by atoms with van der Waals surface area (Å²) >= 11 is 0. The fraction of sp³-hybridized carbons (Fsp3) is 0.190. The maximum absolute atomic E-state index is 6.54. The molecule has 2 aromatic carbocycles. The third-order valence-electron chi connectivity index (χ3n) is 4.87. The number of hydrogen-bond donors (Lipinski definition) is 2. The van der Waals surface area contributed by atoms with E-state index in [-0.39, 0.29) is 0 Å². The van der Waals surface area contributed by atoms with Gasteiger partial charge in [-0.1, -0.05) is 42.5 Å². The summed E-state index contributed by atoms with van der Waals surface area (Å²) in [4.78, 5) is 13.2. The van der Waals surface area contributed by atoms with Crippen molar-refractivity contribution in [1.82, 2.24) is 4.98 Å². The average molecular weight is 343 g/mol. The minimum absolute atomic E-state index is 0.462. The Labute approximate surface area is 152 Å². The Morgan fingerprint density at radius 3 is 2.62 bits per heavy atom. The van der Waals surface area contributed by atoms with Crippen molar-refractivity contribution in [2.24, 2.45) is 21.5 Å². The van der Waals surface area contributed by atoms with Gasteiger partial charge in [-0.2, -0.15) is 0 Å². The summed E-state index contributed by atoms with van der Waals surface area (Å²) in [5.41, 5.74) is 17.1. The molecule has 5 nitrogen and oxygen atoms in total. The van der Waals surface area contributed by atoms with Crippen LogP contribution in [0.4, 0.5) is 0 Å². The number of benzene rings is 2. The van der Waals surface area contributed by atoms with Crippen LogP contribution in [0.25, 0.3) is 22.0 Å². The van der Waals surface area contributed by atoms with Crippen molar-refractivity contribution in [2.75, 3.05) is 0 Å². The lowest BCUT2D eigenvalue weighted by molar-refractivity contribution is 0.459. The summed E-state index contributed by atoms with van der Waals surface area (Å²) in [5.74, 6) is 0. The van der Waals surface area contributed by atoms with E-state index in [1.54, 1.807) is 6.21 Å². The van der Waals surface area contributed by atoms with Crippen LogP contribution < -0.4 is 11.5 Å².